The summed E-state index contributed by atoms with van der Waals surface area (Å²) in [4.78, 5) is 10.5. The van der Waals surface area contributed by atoms with Crippen LogP contribution in [0, 0.1) is 16.0 Å². The molecule has 1 aromatic carbocycles. The average molecular weight is 294 g/mol. The number of nitrogens with one attached hydrogen (secondary N) is 1. The van der Waals surface area contributed by atoms with Crippen LogP contribution in [-0.4, -0.2) is 31.3 Å². The number of nitrogens with zero attached hydrogens (tertiary/aromatic N) is 1. The number of hydrogen-bond donors (Lipinski definition) is 1. The predicted octanol–water partition coefficient (Wildman–Crippen LogP) is 2.97. The Balaban J connectivity index is 1.95. The van der Waals surface area contributed by atoms with Crippen molar-refractivity contribution in [2.75, 3.05) is 31.7 Å². The van der Waals surface area contributed by atoms with Gasteiger partial charge in [0.1, 0.15) is 0 Å². The summed E-state index contributed by atoms with van der Waals surface area (Å²) in [7, 11) is 0. The van der Waals surface area contributed by atoms with Crippen molar-refractivity contribution in [1.29, 1.82) is 0 Å². The molecular formula is C15H22N2O4. The van der Waals surface area contributed by atoms with E-state index in [1.165, 1.54) is 6.07 Å². The van der Waals surface area contributed by atoms with Crippen molar-refractivity contribution in [3.05, 3.63) is 33.9 Å². The van der Waals surface area contributed by atoms with Crippen LogP contribution in [0.3, 0.4) is 0 Å². The van der Waals surface area contributed by atoms with Gasteiger partial charge in [-0.2, -0.15) is 0 Å². The van der Waals surface area contributed by atoms with Gasteiger partial charge < -0.3 is 14.8 Å². The molecule has 2 rings (SSSR count). The minimum absolute atomic E-state index is 0.0984. The Kier molecular flexibility index (Phi) is 5.95. The summed E-state index contributed by atoms with van der Waals surface area (Å²) in [5.41, 5.74) is 1.83. The largest absolute Gasteiger partial charge is 0.385 e. The number of non-ortho nitro benzene ring substituents is 1. The highest BCUT2D eigenvalue weighted by Gasteiger charge is 2.15. The fraction of sp³-hybridized carbons (Fsp3) is 0.600. The van der Waals surface area contributed by atoms with Gasteiger partial charge in [-0.1, -0.05) is 0 Å². The first-order valence-electron chi connectivity index (χ1n) is 7.37. The normalized spacial score (nSPS) is 15.9. The second-order valence-corrected chi connectivity index (χ2v) is 5.20. The highest BCUT2D eigenvalue weighted by atomic mass is 16.6. The van der Waals surface area contributed by atoms with Gasteiger partial charge in [-0.05, 0) is 31.7 Å². The van der Waals surface area contributed by atoms with Crippen molar-refractivity contribution in [1.82, 2.24) is 0 Å². The summed E-state index contributed by atoms with van der Waals surface area (Å²) >= 11 is 0. The monoisotopic (exact) mass is 294 g/mol. The van der Waals surface area contributed by atoms with Crippen molar-refractivity contribution in [2.24, 2.45) is 5.92 Å². The van der Waals surface area contributed by atoms with Gasteiger partial charge in [0.25, 0.3) is 5.69 Å². The second-order valence-electron chi connectivity index (χ2n) is 5.20. The number of benzene rings is 1. The zero-order chi connectivity index (χ0) is 15.1. The van der Waals surface area contributed by atoms with Crippen molar-refractivity contribution >= 4 is 11.4 Å². The third kappa shape index (κ3) is 4.68. The van der Waals surface area contributed by atoms with Gasteiger partial charge in [0.2, 0.25) is 0 Å². The highest BCUT2D eigenvalue weighted by molar-refractivity contribution is 5.55. The molecule has 0 aliphatic carbocycles. The van der Waals surface area contributed by atoms with Crippen LogP contribution in [0.1, 0.15) is 25.3 Å². The van der Waals surface area contributed by atoms with Crippen molar-refractivity contribution in [2.45, 2.75) is 26.4 Å². The van der Waals surface area contributed by atoms with E-state index < -0.39 is 0 Å². The van der Waals surface area contributed by atoms with E-state index in [-0.39, 0.29) is 10.6 Å². The van der Waals surface area contributed by atoms with Gasteiger partial charge in [0.15, 0.2) is 0 Å². The van der Waals surface area contributed by atoms with Crippen LogP contribution in [0.4, 0.5) is 11.4 Å². The zero-order valence-electron chi connectivity index (χ0n) is 12.3. The van der Waals surface area contributed by atoms with Crippen LogP contribution in [-0.2, 0) is 16.1 Å². The Morgan fingerprint density at radius 3 is 2.86 bits per heavy atom. The third-order valence-corrected chi connectivity index (χ3v) is 3.62. The number of anilines is 1. The van der Waals surface area contributed by atoms with E-state index in [1.54, 1.807) is 12.1 Å². The molecule has 1 heterocycles. The summed E-state index contributed by atoms with van der Waals surface area (Å²) in [6.45, 7) is 5.43. The summed E-state index contributed by atoms with van der Waals surface area (Å²) < 4.78 is 11.1. The van der Waals surface area contributed by atoms with E-state index in [9.17, 15) is 10.1 Å². The number of nitro groups is 1. The molecule has 1 aliphatic heterocycles. The molecule has 0 amide bonds. The quantitative estimate of drug-likeness (QED) is 0.618. The van der Waals surface area contributed by atoms with E-state index in [0.29, 0.717) is 19.1 Å². The lowest BCUT2D eigenvalue weighted by Gasteiger charge is -2.22. The summed E-state index contributed by atoms with van der Waals surface area (Å²) in [5.74, 6) is 0.528. The smallest absolute Gasteiger partial charge is 0.269 e. The maximum absolute atomic E-state index is 10.9. The molecule has 0 unspecified atom stereocenters. The van der Waals surface area contributed by atoms with Gasteiger partial charge in [-0.3, -0.25) is 10.1 Å². The van der Waals surface area contributed by atoms with Crippen molar-refractivity contribution < 1.29 is 14.4 Å². The number of rotatable bonds is 7. The van der Waals surface area contributed by atoms with Crippen molar-refractivity contribution in [3.8, 4) is 0 Å². The lowest BCUT2D eigenvalue weighted by molar-refractivity contribution is -0.384. The molecule has 6 nitrogen and oxygen atoms in total. The van der Waals surface area contributed by atoms with Crippen LogP contribution in [0.2, 0.25) is 0 Å². The molecular weight excluding hydrogens is 272 g/mol. The van der Waals surface area contributed by atoms with Gasteiger partial charge in [-0.15, -0.1) is 0 Å². The Bertz CT molecular complexity index is 473. The first-order chi connectivity index (χ1) is 10.2. The summed E-state index contributed by atoms with van der Waals surface area (Å²) in [6.07, 6.45) is 2.05. The Morgan fingerprint density at radius 1 is 1.43 bits per heavy atom. The molecule has 1 saturated heterocycles. The maximum atomic E-state index is 10.9. The fourth-order valence-corrected chi connectivity index (χ4v) is 2.42. The van der Waals surface area contributed by atoms with Crippen LogP contribution in [0.5, 0.6) is 0 Å². The van der Waals surface area contributed by atoms with Crippen LogP contribution in [0.25, 0.3) is 0 Å². The lowest BCUT2D eigenvalue weighted by Crippen LogP contribution is -2.20. The first-order valence-corrected chi connectivity index (χ1v) is 7.37. The summed E-state index contributed by atoms with van der Waals surface area (Å²) in [6, 6.07) is 4.84. The average Bonchev–Trinajstić information content (AvgIpc) is 2.50. The van der Waals surface area contributed by atoms with Gasteiger partial charge in [0.05, 0.1) is 18.1 Å². The lowest BCUT2D eigenvalue weighted by atomic mass is 10.0. The first kappa shape index (κ1) is 15.7. The van der Waals surface area contributed by atoms with E-state index in [1.807, 2.05) is 6.92 Å². The molecule has 1 fully saturated rings. The predicted molar refractivity (Wildman–Crippen MR) is 80.5 cm³/mol. The molecule has 1 N–H and O–H groups in total. The van der Waals surface area contributed by atoms with Crippen molar-refractivity contribution in [3.63, 3.8) is 0 Å². The van der Waals surface area contributed by atoms with E-state index in [4.69, 9.17) is 9.47 Å². The number of hydrogen-bond acceptors (Lipinski definition) is 5. The standard InChI is InChI=1S/C15H22N2O4/c1-2-16-15-4-3-14(17(18)19)9-13(15)11-21-10-12-5-7-20-8-6-12/h3-4,9,12,16H,2,5-8,10-11H2,1H3. The number of nitro benzene ring substituents is 1. The van der Waals surface area contributed by atoms with Gasteiger partial charge >= 0.3 is 0 Å². The Labute approximate surface area is 124 Å². The number of ether oxygens (including phenoxy) is 2. The van der Waals surface area contributed by atoms with Gasteiger partial charge in [0, 0.05) is 43.1 Å². The fourth-order valence-electron chi connectivity index (χ4n) is 2.42. The molecule has 0 spiro atoms. The van der Waals surface area contributed by atoms with Crippen LogP contribution < -0.4 is 5.32 Å². The molecule has 0 bridgehead atoms. The Hall–Kier alpha value is -1.66. The van der Waals surface area contributed by atoms with E-state index >= 15 is 0 Å². The molecule has 0 atom stereocenters. The van der Waals surface area contributed by atoms with E-state index in [0.717, 1.165) is 43.9 Å². The third-order valence-electron chi connectivity index (χ3n) is 3.62. The molecule has 1 aromatic rings. The topological polar surface area (TPSA) is 73.6 Å². The Morgan fingerprint density at radius 2 is 2.19 bits per heavy atom. The molecule has 0 saturated carbocycles. The molecule has 116 valence electrons. The van der Waals surface area contributed by atoms with E-state index in [2.05, 4.69) is 5.32 Å². The highest BCUT2D eigenvalue weighted by Crippen LogP contribution is 2.23. The zero-order valence-corrected chi connectivity index (χ0v) is 12.3. The van der Waals surface area contributed by atoms with Gasteiger partial charge in [-0.25, -0.2) is 0 Å². The molecule has 1 aliphatic rings. The van der Waals surface area contributed by atoms with Crippen LogP contribution in [0.15, 0.2) is 18.2 Å². The molecule has 0 aromatic heterocycles. The molecule has 0 radical (unpaired) electrons. The second kappa shape index (κ2) is 7.95. The minimum atomic E-state index is -0.377. The van der Waals surface area contributed by atoms with Crippen LogP contribution >= 0.6 is 0 Å². The molecule has 21 heavy (non-hydrogen) atoms. The maximum Gasteiger partial charge on any atom is 0.269 e. The minimum Gasteiger partial charge on any atom is -0.385 e. The summed E-state index contributed by atoms with van der Waals surface area (Å²) in [5, 5.41) is 14.1. The molecule has 6 heteroatoms. The SMILES string of the molecule is CCNc1ccc([N+](=O)[O-])cc1COCC1CCOCC1.